The molecule has 5 nitrogen and oxygen atoms in total. The molecule has 3 N–H and O–H groups in total. The summed E-state index contributed by atoms with van der Waals surface area (Å²) in [6.07, 6.45) is 0.710. The van der Waals surface area contributed by atoms with E-state index < -0.39 is 10.0 Å². The van der Waals surface area contributed by atoms with Gasteiger partial charge >= 0.3 is 0 Å². The first-order valence-corrected chi connectivity index (χ1v) is 8.62. The fourth-order valence-corrected chi connectivity index (χ4v) is 4.60. The lowest BCUT2D eigenvalue weighted by Crippen LogP contribution is -2.61. The first kappa shape index (κ1) is 16.7. The maximum atomic E-state index is 12.5. The highest BCUT2D eigenvalue weighted by Gasteiger charge is 2.50. The van der Waals surface area contributed by atoms with Crippen molar-refractivity contribution in [2.45, 2.75) is 43.9 Å². The van der Waals surface area contributed by atoms with Gasteiger partial charge in [0.15, 0.2) is 0 Å². The van der Waals surface area contributed by atoms with Crippen molar-refractivity contribution in [3.05, 3.63) is 28.8 Å². The van der Waals surface area contributed by atoms with Gasteiger partial charge in [0.2, 0.25) is 10.0 Å². The Morgan fingerprint density at radius 3 is 2.62 bits per heavy atom. The second-order valence-corrected chi connectivity index (χ2v) is 8.01. The van der Waals surface area contributed by atoms with Crippen LogP contribution in [0.3, 0.4) is 0 Å². The summed E-state index contributed by atoms with van der Waals surface area (Å²) in [5.41, 5.74) is 6.07. The van der Waals surface area contributed by atoms with Gasteiger partial charge in [0.1, 0.15) is 4.90 Å². The molecule has 1 fully saturated rings. The van der Waals surface area contributed by atoms with E-state index >= 15 is 0 Å². The molecule has 0 heterocycles. The smallest absolute Gasteiger partial charge is 0.242 e. The molecule has 0 radical (unpaired) electrons. The van der Waals surface area contributed by atoms with E-state index in [1.807, 2.05) is 13.8 Å². The zero-order chi connectivity index (χ0) is 15.8. The zero-order valence-electron chi connectivity index (χ0n) is 12.4. The molecule has 1 aliphatic rings. The molecule has 21 heavy (non-hydrogen) atoms. The number of hydrogen-bond donors (Lipinski definition) is 2. The van der Waals surface area contributed by atoms with E-state index in [2.05, 4.69) is 4.72 Å². The minimum absolute atomic E-state index is 0.0558. The van der Waals surface area contributed by atoms with Crippen LogP contribution < -0.4 is 10.5 Å². The van der Waals surface area contributed by atoms with Crippen LogP contribution in [0.2, 0.25) is 5.02 Å². The van der Waals surface area contributed by atoms with Crippen molar-refractivity contribution in [3.63, 3.8) is 0 Å². The summed E-state index contributed by atoms with van der Waals surface area (Å²) in [5.74, 6) is 0. The first-order valence-electron chi connectivity index (χ1n) is 6.76. The summed E-state index contributed by atoms with van der Waals surface area (Å²) >= 11 is 6.06. The van der Waals surface area contributed by atoms with Gasteiger partial charge in [-0.25, -0.2) is 13.1 Å². The molecule has 1 aromatic rings. The molecule has 1 saturated carbocycles. The standard InChI is InChI=1S/C14H21ClN2O3S/c1-14(2)12(7-13(14)20-3)17-21(18,19)11-5-4-9(8-16)6-10(11)15/h4-6,12-13,17H,7-8,16H2,1-3H3. The minimum atomic E-state index is -3.66. The van der Waals surface area contributed by atoms with Gasteiger partial charge in [-0.3, -0.25) is 0 Å². The number of rotatable bonds is 5. The van der Waals surface area contributed by atoms with Crippen molar-refractivity contribution >= 4 is 21.6 Å². The van der Waals surface area contributed by atoms with E-state index in [-0.39, 0.29) is 27.5 Å². The zero-order valence-corrected chi connectivity index (χ0v) is 14.0. The lowest BCUT2D eigenvalue weighted by Gasteiger charge is -2.50. The maximum Gasteiger partial charge on any atom is 0.242 e. The van der Waals surface area contributed by atoms with Crippen LogP contribution in [0.5, 0.6) is 0 Å². The summed E-state index contributed by atoms with van der Waals surface area (Å²) in [6, 6.07) is 4.58. The second-order valence-electron chi connectivity index (χ2n) is 5.92. The van der Waals surface area contributed by atoms with Crippen molar-refractivity contribution < 1.29 is 13.2 Å². The Kier molecular flexibility index (Phi) is 4.66. The Bertz CT molecular complexity index is 631. The number of benzene rings is 1. The van der Waals surface area contributed by atoms with Crippen LogP contribution in [-0.2, 0) is 21.3 Å². The largest absolute Gasteiger partial charge is 0.381 e. The molecule has 0 spiro atoms. The first-order chi connectivity index (χ1) is 9.72. The van der Waals surface area contributed by atoms with E-state index in [1.165, 1.54) is 6.07 Å². The number of hydrogen-bond acceptors (Lipinski definition) is 4. The average Bonchev–Trinajstić information content (AvgIpc) is 2.42. The molecule has 2 atom stereocenters. The van der Waals surface area contributed by atoms with E-state index in [0.29, 0.717) is 13.0 Å². The highest BCUT2D eigenvalue weighted by atomic mass is 35.5. The van der Waals surface area contributed by atoms with Crippen molar-refractivity contribution in [1.29, 1.82) is 0 Å². The van der Waals surface area contributed by atoms with Crippen molar-refractivity contribution in [3.8, 4) is 0 Å². The number of halogens is 1. The number of nitrogens with two attached hydrogens (primary N) is 1. The van der Waals surface area contributed by atoms with Crippen LogP contribution in [0.15, 0.2) is 23.1 Å². The summed E-state index contributed by atoms with van der Waals surface area (Å²) in [6.45, 7) is 4.28. The van der Waals surface area contributed by atoms with E-state index in [9.17, 15) is 8.42 Å². The highest BCUT2D eigenvalue weighted by molar-refractivity contribution is 7.89. The van der Waals surface area contributed by atoms with Gasteiger partial charge in [-0.05, 0) is 24.1 Å². The highest BCUT2D eigenvalue weighted by Crippen LogP contribution is 2.43. The van der Waals surface area contributed by atoms with Gasteiger partial charge in [0.25, 0.3) is 0 Å². The van der Waals surface area contributed by atoms with Gasteiger partial charge < -0.3 is 10.5 Å². The molecular weight excluding hydrogens is 312 g/mol. The summed E-state index contributed by atoms with van der Waals surface area (Å²) < 4.78 is 33.0. The lowest BCUT2D eigenvalue weighted by molar-refractivity contribution is -0.0908. The van der Waals surface area contributed by atoms with Crippen LogP contribution in [0.25, 0.3) is 0 Å². The summed E-state index contributed by atoms with van der Waals surface area (Å²) in [7, 11) is -2.02. The number of ether oxygens (including phenoxy) is 1. The van der Waals surface area contributed by atoms with Gasteiger partial charge in [-0.15, -0.1) is 0 Å². The molecule has 118 valence electrons. The van der Waals surface area contributed by atoms with Crippen molar-refractivity contribution in [1.82, 2.24) is 4.72 Å². The van der Waals surface area contributed by atoms with Crippen molar-refractivity contribution in [2.24, 2.45) is 11.1 Å². The molecule has 1 aromatic carbocycles. The SMILES string of the molecule is COC1CC(NS(=O)(=O)c2ccc(CN)cc2Cl)C1(C)C. The van der Waals surface area contributed by atoms with Crippen LogP contribution in [0.1, 0.15) is 25.8 Å². The van der Waals surface area contributed by atoms with E-state index in [1.54, 1.807) is 19.2 Å². The lowest BCUT2D eigenvalue weighted by atomic mass is 9.65. The fourth-order valence-electron chi connectivity index (χ4n) is 2.63. The normalized spacial score (nSPS) is 24.6. The van der Waals surface area contributed by atoms with Crippen LogP contribution in [-0.4, -0.2) is 27.7 Å². The summed E-state index contributed by atoms with van der Waals surface area (Å²) in [5, 5.41) is 0.186. The predicted molar refractivity (Wildman–Crippen MR) is 82.6 cm³/mol. The quantitative estimate of drug-likeness (QED) is 0.862. The molecule has 0 bridgehead atoms. The Hall–Kier alpha value is -0.660. The molecule has 0 saturated heterocycles. The molecule has 0 amide bonds. The number of sulfonamides is 1. The Morgan fingerprint density at radius 1 is 1.48 bits per heavy atom. The van der Waals surface area contributed by atoms with Gasteiger partial charge in [0, 0.05) is 25.1 Å². The van der Waals surface area contributed by atoms with Crippen LogP contribution in [0.4, 0.5) is 0 Å². The molecule has 2 rings (SSSR count). The monoisotopic (exact) mass is 332 g/mol. The summed E-state index contributed by atoms with van der Waals surface area (Å²) in [4.78, 5) is 0.0815. The maximum absolute atomic E-state index is 12.5. The van der Waals surface area contributed by atoms with E-state index in [0.717, 1.165) is 5.56 Å². The Morgan fingerprint density at radius 2 is 2.14 bits per heavy atom. The van der Waals surface area contributed by atoms with Gasteiger partial charge in [0.05, 0.1) is 11.1 Å². The minimum Gasteiger partial charge on any atom is -0.381 e. The van der Waals surface area contributed by atoms with Crippen molar-refractivity contribution in [2.75, 3.05) is 7.11 Å². The fraction of sp³-hybridized carbons (Fsp3) is 0.571. The third-order valence-corrected chi connectivity index (χ3v) is 6.24. The topological polar surface area (TPSA) is 81.4 Å². The average molecular weight is 333 g/mol. The van der Waals surface area contributed by atoms with Gasteiger partial charge in [-0.1, -0.05) is 31.5 Å². The molecule has 2 unspecified atom stereocenters. The van der Waals surface area contributed by atoms with Crippen LogP contribution >= 0.6 is 11.6 Å². The third-order valence-electron chi connectivity index (χ3n) is 4.28. The third kappa shape index (κ3) is 3.10. The Labute approximate surface area is 130 Å². The molecule has 1 aliphatic carbocycles. The second kappa shape index (κ2) is 5.85. The van der Waals surface area contributed by atoms with Gasteiger partial charge in [-0.2, -0.15) is 0 Å². The number of methoxy groups -OCH3 is 1. The van der Waals surface area contributed by atoms with E-state index in [4.69, 9.17) is 22.1 Å². The molecule has 0 aliphatic heterocycles. The predicted octanol–water partition coefficient (Wildman–Crippen LogP) is 1.89. The molecule has 0 aromatic heterocycles. The number of nitrogens with one attached hydrogen (secondary N) is 1. The molecule has 7 heteroatoms. The van der Waals surface area contributed by atoms with Crippen LogP contribution in [0, 0.1) is 5.41 Å². The molecular formula is C14H21ClN2O3S. The Balaban J connectivity index is 2.20.